The van der Waals surface area contributed by atoms with Crippen molar-refractivity contribution in [3.05, 3.63) is 65.9 Å². The van der Waals surface area contributed by atoms with E-state index in [4.69, 9.17) is 9.47 Å². The lowest BCUT2D eigenvalue weighted by Crippen LogP contribution is -2.10. The topological polar surface area (TPSA) is 113 Å². The number of nitrogens with one attached hydrogen (secondary N) is 1. The first-order valence-electron chi connectivity index (χ1n) is 10.3. The molecule has 0 radical (unpaired) electrons. The van der Waals surface area contributed by atoms with E-state index in [2.05, 4.69) is 30.3 Å². The summed E-state index contributed by atoms with van der Waals surface area (Å²) in [5.41, 5.74) is 0.677. The molecule has 36 heavy (non-hydrogen) atoms. The second-order valence-electron chi connectivity index (χ2n) is 7.41. The highest BCUT2D eigenvalue weighted by molar-refractivity contribution is 5.90. The van der Waals surface area contributed by atoms with Gasteiger partial charge in [0.15, 0.2) is 5.82 Å². The van der Waals surface area contributed by atoms with Gasteiger partial charge in [0.2, 0.25) is 5.95 Å². The molecule has 186 valence electrons. The maximum Gasteiger partial charge on any atom is 0.381 e. The minimum atomic E-state index is -2.86. The molecule has 1 aromatic carbocycles. The van der Waals surface area contributed by atoms with E-state index in [-0.39, 0.29) is 28.5 Å². The van der Waals surface area contributed by atoms with E-state index in [1.54, 1.807) is 25.1 Å². The van der Waals surface area contributed by atoms with Crippen LogP contribution in [0.15, 0.2) is 48.9 Å². The number of halogens is 3. The molecule has 4 aromatic rings. The zero-order chi connectivity index (χ0) is 25.8. The largest absolute Gasteiger partial charge is 0.497 e. The number of aryl methyl sites for hydroxylation is 1. The Morgan fingerprint density at radius 1 is 1.03 bits per heavy atom. The van der Waals surface area contributed by atoms with Crippen LogP contribution in [0.1, 0.15) is 28.2 Å². The van der Waals surface area contributed by atoms with Crippen molar-refractivity contribution in [1.82, 2.24) is 24.7 Å². The number of hydrogen-bond donors (Lipinski definition) is 1. The molecule has 0 bridgehead atoms. The fourth-order valence-electron chi connectivity index (χ4n) is 3.39. The number of alkyl halides is 2. The quantitative estimate of drug-likeness (QED) is 0.365. The smallest absolute Gasteiger partial charge is 0.381 e. The summed E-state index contributed by atoms with van der Waals surface area (Å²) in [6.45, 7) is 1.56. The van der Waals surface area contributed by atoms with E-state index in [0.29, 0.717) is 22.9 Å². The van der Waals surface area contributed by atoms with Crippen LogP contribution in [-0.4, -0.2) is 44.9 Å². The van der Waals surface area contributed by atoms with Gasteiger partial charge in [0.1, 0.15) is 17.2 Å². The first-order valence-corrected chi connectivity index (χ1v) is 10.3. The normalized spacial score (nSPS) is 10.9. The molecule has 0 amide bonds. The minimum Gasteiger partial charge on any atom is -0.497 e. The van der Waals surface area contributed by atoms with E-state index in [9.17, 15) is 18.1 Å². The van der Waals surface area contributed by atoms with Crippen molar-refractivity contribution in [3.8, 4) is 28.4 Å². The predicted molar refractivity (Wildman–Crippen MR) is 121 cm³/mol. The molecule has 4 rings (SSSR count). The van der Waals surface area contributed by atoms with Gasteiger partial charge in [-0.1, -0.05) is 0 Å². The van der Waals surface area contributed by atoms with Gasteiger partial charge in [-0.05, 0) is 19.1 Å². The standard InChI is InChI=1S/C23H19F3N6O4/c1-12-4-19(20(24)25)32(31-12)21-18(13-5-14(10-27-9-13)22(33)36-26)11-28-23(30-21)29-15-6-16(34-2)8-17(7-15)35-3/h4-11,20H,1-3H3,(H,28,29,30). The van der Waals surface area contributed by atoms with Gasteiger partial charge in [-0.15, -0.1) is 0 Å². The summed E-state index contributed by atoms with van der Waals surface area (Å²) in [5.74, 6) is -0.249. The van der Waals surface area contributed by atoms with Gasteiger partial charge in [0, 0.05) is 58.1 Å². The van der Waals surface area contributed by atoms with Gasteiger partial charge in [-0.25, -0.2) is 28.2 Å². The highest BCUT2D eigenvalue weighted by Gasteiger charge is 2.22. The summed E-state index contributed by atoms with van der Waals surface area (Å²) >= 11 is 0. The Kier molecular flexibility index (Phi) is 6.99. The summed E-state index contributed by atoms with van der Waals surface area (Å²) in [6, 6.07) is 7.50. The lowest BCUT2D eigenvalue weighted by molar-refractivity contribution is -0.0788. The van der Waals surface area contributed by atoms with E-state index >= 15 is 0 Å². The number of nitrogens with zero attached hydrogens (tertiary/aromatic N) is 5. The number of carbonyl (C=O) groups excluding carboxylic acids is 1. The molecule has 13 heteroatoms. The Morgan fingerprint density at radius 3 is 2.39 bits per heavy atom. The summed E-state index contributed by atoms with van der Waals surface area (Å²) < 4.78 is 51.6. The van der Waals surface area contributed by atoms with Gasteiger partial charge in [-0.2, -0.15) is 10.1 Å². The van der Waals surface area contributed by atoms with Gasteiger partial charge in [-0.3, -0.25) is 4.98 Å². The molecule has 0 aliphatic rings. The van der Waals surface area contributed by atoms with Gasteiger partial charge >= 0.3 is 5.97 Å². The predicted octanol–water partition coefficient (Wildman–Crippen LogP) is 4.77. The Balaban J connectivity index is 1.86. The van der Waals surface area contributed by atoms with Crippen LogP contribution in [0.25, 0.3) is 16.9 Å². The second-order valence-corrected chi connectivity index (χ2v) is 7.41. The fraction of sp³-hybridized carbons (Fsp3) is 0.174. The van der Waals surface area contributed by atoms with Crippen molar-refractivity contribution in [1.29, 1.82) is 0 Å². The Labute approximate surface area is 202 Å². The summed E-state index contributed by atoms with van der Waals surface area (Å²) in [5, 5.41) is 7.16. The zero-order valence-electron chi connectivity index (χ0n) is 19.2. The van der Waals surface area contributed by atoms with Crippen LogP contribution < -0.4 is 14.8 Å². The molecular weight excluding hydrogens is 481 g/mol. The number of methoxy groups -OCH3 is 2. The average molecular weight is 500 g/mol. The third kappa shape index (κ3) is 5.04. The Bertz CT molecular complexity index is 1390. The molecule has 0 saturated heterocycles. The highest BCUT2D eigenvalue weighted by atomic mass is 19.3. The molecule has 0 fully saturated rings. The van der Waals surface area contributed by atoms with Crippen molar-refractivity contribution >= 4 is 17.6 Å². The average Bonchev–Trinajstić information content (AvgIpc) is 3.29. The molecular formula is C23H19F3N6O4. The summed E-state index contributed by atoms with van der Waals surface area (Å²) in [7, 11) is 2.99. The van der Waals surface area contributed by atoms with Crippen LogP contribution in [0.2, 0.25) is 0 Å². The number of benzene rings is 1. The molecule has 0 aliphatic heterocycles. The third-order valence-electron chi connectivity index (χ3n) is 5.01. The lowest BCUT2D eigenvalue weighted by Gasteiger charge is -2.14. The number of ether oxygens (including phenoxy) is 2. The van der Waals surface area contributed by atoms with Gasteiger partial charge < -0.3 is 14.8 Å². The lowest BCUT2D eigenvalue weighted by atomic mass is 10.1. The van der Waals surface area contributed by atoms with Crippen molar-refractivity contribution in [3.63, 3.8) is 0 Å². The molecule has 0 spiro atoms. The summed E-state index contributed by atoms with van der Waals surface area (Å²) in [6.07, 6.45) is 0.922. The minimum absolute atomic E-state index is 0.0293. The number of pyridine rings is 1. The molecule has 3 aromatic heterocycles. The van der Waals surface area contributed by atoms with Crippen LogP contribution in [-0.2, 0) is 4.94 Å². The summed E-state index contributed by atoms with van der Waals surface area (Å²) in [4.78, 5) is 27.5. The van der Waals surface area contributed by atoms with Crippen LogP contribution >= 0.6 is 0 Å². The zero-order valence-corrected chi connectivity index (χ0v) is 19.2. The maximum atomic E-state index is 13.8. The van der Waals surface area contributed by atoms with Crippen molar-refractivity contribution in [2.24, 2.45) is 0 Å². The second kappa shape index (κ2) is 10.3. The van der Waals surface area contributed by atoms with Crippen LogP contribution in [0, 0.1) is 6.92 Å². The molecule has 0 unspecified atom stereocenters. The number of rotatable bonds is 8. The molecule has 0 aliphatic carbocycles. The number of aromatic nitrogens is 5. The van der Waals surface area contributed by atoms with Crippen LogP contribution in [0.4, 0.5) is 24.9 Å². The SMILES string of the molecule is COc1cc(Nc2ncc(-c3cncc(C(=O)OF)c3)c(-n3nc(C)cc3C(F)F)n2)cc(OC)c1. The monoisotopic (exact) mass is 500 g/mol. The molecule has 0 saturated carbocycles. The molecule has 10 nitrogen and oxygen atoms in total. The number of anilines is 2. The Hall–Kier alpha value is -4.68. The van der Waals surface area contributed by atoms with E-state index < -0.39 is 18.1 Å². The molecule has 1 N–H and O–H groups in total. The molecule has 3 heterocycles. The van der Waals surface area contributed by atoms with Crippen molar-refractivity contribution in [2.75, 3.05) is 19.5 Å². The highest BCUT2D eigenvalue weighted by Crippen LogP contribution is 2.32. The van der Waals surface area contributed by atoms with Crippen LogP contribution in [0.3, 0.4) is 0 Å². The first-order chi connectivity index (χ1) is 17.3. The van der Waals surface area contributed by atoms with E-state index in [1.807, 2.05) is 0 Å². The maximum absolute atomic E-state index is 13.8. The van der Waals surface area contributed by atoms with Gasteiger partial charge in [0.05, 0.1) is 25.5 Å². The fourth-order valence-corrected chi connectivity index (χ4v) is 3.39. The van der Waals surface area contributed by atoms with E-state index in [0.717, 1.165) is 10.9 Å². The van der Waals surface area contributed by atoms with E-state index in [1.165, 1.54) is 38.7 Å². The van der Waals surface area contributed by atoms with Crippen molar-refractivity contribution < 1.29 is 32.5 Å². The Morgan fingerprint density at radius 2 is 1.75 bits per heavy atom. The third-order valence-corrected chi connectivity index (χ3v) is 5.01. The van der Waals surface area contributed by atoms with Crippen LogP contribution in [0.5, 0.6) is 11.5 Å². The first kappa shape index (κ1) is 24.4. The molecule has 0 atom stereocenters. The van der Waals surface area contributed by atoms with Crippen molar-refractivity contribution in [2.45, 2.75) is 13.3 Å². The van der Waals surface area contributed by atoms with Gasteiger partial charge in [0.25, 0.3) is 6.43 Å². The number of carbonyl (C=O) groups is 1. The number of hydrogen-bond acceptors (Lipinski definition) is 9.